The van der Waals surface area contributed by atoms with Crippen molar-refractivity contribution in [3.8, 4) is 0 Å². The van der Waals surface area contributed by atoms with Crippen molar-refractivity contribution in [2.24, 2.45) is 0 Å². The number of aliphatic hydroxyl groups is 2. The lowest BCUT2D eigenvalue weighted by Gasteiger charge is -2.54. The number of fused-ring (bicyclic) bond motifs is 1. The first-order valence-electron chi connectivity index (χ1n) is 9.02. The van der Waals surface area contributed by atoms with E-state index in [-0.39, 0.29) is 6.61 Å². The molecule has 0 saturated carbocycles. The number of amides is 1. The zero-order valence-corrected chi connectivity index (χ0v) is 18.1. The van der Waals surface area contributed by atoms with Crippen LogP contribution in [0, 0.1) is 0 Å². The van der Waals surface area contributed by atoms with Crippen LogP contribution in [-0.4, -0.2) is 62.6 Å². The summed E-state index contributed by atoms with van der Waals surface area (Å²) >= 11 is 1.35. The second kappa shape index (κ2) is 6.61. The van der Waals surface area contributed by atoms with Crippen LogP contribution in [0.1, 0.15) is 19.4 Å². The maximum absolute atomic E-state index is 12.8. The standard InChI is InChI=1S/C19H27NO5SSi/c1-18(2)13(14(21)25-11-12-9-7-6-8-10-12)20-15(22)19(24,16(20)26-18)17(23)27(3,4)5/h6-10,13,16-17,23-24H,11H2,1-5H3/t13-,16+,17?,19+/m0/s1. The molecule has 27 heavy (non-hydrogen) atoms. The molecule has 2 N–H and O–H groups in total. The Balaban J connectivity index is 1.79. The van der Waals surface area contributed by atoms with Crippen LogP contribution in [0.4, 0.5) is 0 Å². The van der Waals surface area contributed by atoms with Crippen molar-refractivity contribution < 1.29 is 24.5 Å². The third-order valence-corrected chi connectivity index (χ3v) is 8.96. The van der Waals surface area contributed by atoms with Crippen LogP contribution in [0.3, 0.4) is 0 Å². The van der Waals surface area contributed by atoms with E-state index in [2.05, 4.69) is 0 Å². The fourth-order valence-electron chi connectivity index (χ4n) is 3.77. The van der Waals surface area contributed by atoms with Gasteiger partial charge < -0.3 is 19.8 Å². The Kier molecular flexibility index (Phi) is 4.99. The Morgan fingerprint density at radius 1 is 1.30 bits per heavy atom. The van der Waals surface area contributed by atoms with Crippen LogP contribution in [0.2, 0.25) is 19.6 Å². The molecule has 2 aliphatic rings. The number of carbonyl (C=O) groups is 2. The summed E-state index contributed by atoms with van der Waals surface area (Å²) in [6, 6.07) is 8.55. The highest BCUT2D eigenvalue weighted by Gasteiger charge is 2.74. The molecule has 2 heterocycles. The van der Waals surface area contributed by atoms with E-state index in [1.165, 1.54) is 16.7 Å². The summed E-state index contributed by atoms with van der Waals surface area (Å²) in [4.78, 5) is 27.0. The van der Waals surface area contributed by atoms with E-state index < -0.39 is 47.4 Å². The summed E-state index contributed by atoms with van der Waals surface area (Å²) in [7, 11) is -2.19. The number of benzene rings is 1. The van der Waals surface area contributed by atoms with Crippen molar-refractivity contribution >= 4 is 31.7 Å². The highest BCUT2D eigenvalue weighted by Crippen LogP contribution is 2.56. The zero-order chi connectivity index (χ0) is 20.2. The molecule has 0 radical (unpaired) electrons. The highest BCUT2D eigenvalue weighted by atomic mass is 32.2. The van der Waals surface area contributed by atoms with Gasteiger partial charge in [0, 0.05) is 4.75 Å². The maximum atomic E-state index is 12.8. The first kappa shape index (κ1) is 20.4. The van der Waals surface area contributed by atoms with Crippen molar-refractivity contribution in [3.05, 3.63) is 35.9 Å². The van der Waals surface area contributed by atoms with E-state index in [0.29, 0.717) is 0 Å². The number of ether oxygens (including phenoxy) is 1. The van der Waals surface area contributed by atoms with E-state index >= 15 is 0 Å². The number of hydrogen-bond donors (Lipinski definition) is 2. The number of nitrogens with zero attached hydrogens (tertiary/aromatic N) is 1. The number of aliphatic hydroxyl groups excluding tert-OH is 1. The van der Waals surface area contributed by atoms with Crippen molar-refractivity contribution in [2.75, 3.05) is 0 Å². The highest BCUT2D eigenvalue weighted by molar-refractivity contribution is 8.01. The number of thioether (sulfide) groups is 1. The lowest BCUT2D eigenvalue weighted by atomic mass is 9.88. The summed E-state index contributed by atoms with van der Waals surface area (Å²) in [5.41, 5.74) is -2.06. The Bertz CT molecular complexity index is 750. The molecule has 2 saturated heterocycles. The molecule has 1 amide bonds. The molecule has 1 aromatic rings. The normalized spacial score (nSPS) is 30.5. The van der Waals surface area contributed by atoms with Gasteiger partial charge in [0.15, 0.2) is 5.60 Å². The Morgan fingerprint density at radius 3 is 2.44 bits per heavy atom. The third-order valence-electron chi connectivity index (χ3n) is 5.24. The quantitative estimate of drug-likeness (QED) is 0.438. The first-order valence-corrected chi connectivity index (χ1v) is 13.5. The molecule has 0 spiro atoms. The molecular formula is C19H27NO5SSi. The van der Waals surface area contributed by atoms with Gasteiger partial charge in [0.2, 0.25) is 0 Å². The van der Waals surface area contributed by atoms with Crippen LogP contribution in [-0.2, 0) is 20.9 Å². The van der Waals surface area contributed by atoms with Crippen LogP contribution in [0.25, 0.3) is 0 Å². The fourth-order valence-corrected chi connectivity index (χ4v) is 7.15. The van der Waals surface area contributed by atoms with Gasteiger partial charge in [0.1, 0.15) is 18.0 Å². The molecular weight excluding hydrogens is 382 g/mol. The van der Waals surface area contributed by atoms with Gasteiger partial charge in [-0.1, -0.05) is 50.0 Å². The minimum absolute atomic E-state index is 0.130. The molecule has 1 unspecified atom stereocenters. The molecule has 8 heteroatoms. The second-order valence-corrected chi connectivity index (χ2v) is 15.9. The van der Waals surface area contributed by atoms with Crippen LogP contribution in [0.15, 0.2) is 30.3 Å². The Hall–Kier alpha value is -1.35. The van der Waals surface area contributed by atoms with Crippen molar-refractivity contribution in [1.82, 2.24) is 4.90 Å². The second-order valence-electron chi connectivity index (χ2n) is 8.88. The lowest BCUT2D eigenvalue weighted by Crippen LogP contribution is -2.80. The lowest BCUT2D eigenvalue weighted by molar-refractivity contribution is -0.200. The predicted molar refractivity (Wildman–Crippen MR) is 107 cm³/mol. The topological polar surface area (TPSA) is 87.1 Å². The predicted octanol–water partition coefficient (Wildman–Crippen LogP) is 1.76. The van der Waals surface area contributed by atoms with Gasteiger partial charge in [-0.3, -0.25) is 4.79 Å². The number of esters is 1. The summed E-state index contributed by atoms with van der Waals surface area (Å²) in [5, 5.41) is 21.0. The van der Waals surface area contributed by atoms with Crippen molar-refractivity contribution in [2.45, 2.75) is 67.6 Å². The minimum atomic E-state index is -2.19. The van der Waals surface area contributed by atoms with Crippen molar-refractivity contribution in [3.63, 3.8) is 0 Å². The largest absolute Gasteiger partial charge is 0.459 e. The van der Waals surface area contributed by atoms with E-state index in [1.54, 1.807) is 0 Å². The molecule has 4 atom stereocenters. The molecule has 0 aliphatic carbocycles. The van der Waals surface area contributed by atoms with Crippen molar-refractivity contribution in [1.29, 1.82) is 0 Å². The average molecular weight is 410 g/mol. The van der Waals surface area contributed by atoms with E-state index in [1.807, 2.05) is 63.8 Å². The van der Waals surface area contributed by atoms with Gasteiger partial charge in [-0.25, -0.2) is 4.79 Å². The zero-order valence-electron chi connectivity index (χ0n) is 16.3. The molecule has 1 aromatic carbocycles. The number of β-lactam (4-membered cyclic amide) rings is 1. The maximum Gasteiger partial charge on any atom is 0.330 e. The SMILES string of the molecule is CC1(C)S[C@H]2N(C(=O)[C@]2(O)C(O)[Si](C)(C)C)[C@H]1C(=O)OCc1ccccc1. The molecule has 0 aromatic heterocycles. The molecule has 148 valence electrons. The van der Waals surface area contributed by atoms with Gasteiger partial charge >= 0.3 is 5.97 Å². The summed E-state index contributed by atoms with van der Waals surface area (Å²) in [6.45, 7) is 9.56. The summed E-state index contributed by atoms with van der Waals surface area (Å²) in [5.74, 6) is -1.07. The smallest absolute Gasteiger partial charge is 0.330 e. The van der Waals surface area contributed by atoms with E-state index in [9.17, 15) is 19.8 Å². The number of carbonyl (C=O) groups excluding carboxylic acids is 2. The molecule has 3 rings (SSSR count). The van der Waals surface area contributed by atoms with Crippen LogP contribution in [0.5, 0.6) is 0 Å². The summed E-state index contributed by atoms with van der Waals surface area (Å²) < 4.78 is 4.84. The average Bonchev–Trinajstić information content (AvgIpc) is 2.87. The monoisotopic (exact) mass is 409 g/mol. The Morgan fingerprint density at radius 2 is 1.89 bits per heavy atom. The Labute approximate surface area is 164 Å². The minimum Gasteiger partial charge on any atom is -0.459 e. The molecule has 2 fully saturated rings. The van der Waals surface area contributed by atoms with E-state index in [0.717, 1.165) is 5.56 Å². The number of rotatable bonds is 5. The van der Waals surface area contributed by atoms with Gasteiger partial charge in [-0.05, 0) is 19.4 Å². The van der Waals surface area contributed by atoms with E-state index in [4.69, 9.17) is 4.74 Å². The van der Waals surface area contributed by atoms with Crippen LogP contribution < -0.4 is 0 Å². The molecule has 6 nitrogen and oxygen atoms in total. The first-order chi connectivity index (χ1) is 12.4. The summed E-state index contributed by atoms with van der Waals surface area (Å²) in [6.07, 6.45) is 0. The molecule has 2 aliphatic heterocycles. The van der Waals surface area contributed by atoms with Crippen LogP contribution >= 0.6 is 11.8 Å². The van der Waals surface area contributed by atoms with Gasteiger partial charge in [-0.2, -0.15) is 0 Å². The van der Waals surface area contributed by atoms with Gasteiger partial charge in [0.05, 0.1) is 13.8 Å². The third kappa shape index (κ3) is 3.22. The van der Waals surface area contributed by atoms with Gasteiger partial charge in [-0.15, -0.1) is 11.8 Å². The fraction of sp³-hybridized carbons (Fsp3) is 0.579. The number of hydrogen-bond acceptors (Lipinski definition) is 6. The van der Waals surface area contributed by atoms with Gasteiger partial charge in [0.25, 0.3) is 5.91 Å². The molecule has 0 bridgehead atoms.